The van der Waals surface area contributed by atoms with Crippen molar-refractivity contribution < 1.29 is 0 Å². The molecule has 0 fully saturated rings. The van der Waals surface area contributed by atoms with Gasteiger partial charge in [0.05, 0.1) is 3.79 Å². The quantitative estimate of drug-likeness (QED) is 0.724. The minimum Gasteiger partial charge on any atom is -0.315 e. The summed E-state index contributed by atoms with van der Waals surface area (Å²) >= 11 is 5.29. The third-order valence-corrected chi connectivity index (χ3v) is 4.72. The highest BCUT2D eigenvalue weighted by Crippen LogP contribution is 2.22. The molecule has 0 saturated carbocycles. The zero-order valence-electron chi connectivity index (χ0n) is 11.9. The van der Waals surface area contributed by atoms with Crippen LogP contribution in [0.5, 0.6) is 0 Å². The van der Waals surface area contributed by atoms with Gasteiger partial charge < -0.3 is 5.32 Å². The molecule has 0 radical (unpaired) electrons. The van der Waals surface area contributed by atoms with Crippen LogP contribution >= 0.6 is 27.3 Å². The lowest BCUT2D eigenvalue weighted by molar-refractivity contribution is 0.180. The summed E-state index contributed by atoms with van der Waals surface area (Å²) in [6.07, 6.45) is 1.20. The molecule has 0 aromatic carbocycles. The Bertz CT molecular complexity index is 338. The van der Waals surface area contributed by atoms with Gasteiger partial charge in [0.1, 0.15) is 0 Å². The van der Waals surface area contributed by atoms with Gasteiger partial charge in [-0.3, -0.25) is 4.90 Å². The van der Waals surface area contributed by atoms with Crippen molar-refractivity contribution in [3.63, 3.8) is 0 Å². The molecule has 0 saturated heterocycles. The number of nitrogens with zero attached hydrogens (tertiary/aromatic N) is 1. The molecular formula is C14H25BrN2S. The molecule has 1 aromatic heterocycles. The van der Waals surface area contributed by atoms with Crippen molar-refractivity contribution in [1.29, 1.82) is 0 Å². The average Bonchev–Trinajstić information content (AvgIpc) is 2.69. The van der Waals surface area contributed by atoms with Gasteiger partial charge in [-0.05, 0) is 58.9 Å². The Hall–Kier alpha value is 0.100. The van der Waals surface area contributed by atoms with Crippen molar-refractivity contribution in [2.75, 3.05) is 20.1 Å². The maximum atomic E-state index is 3.54. The van der Waals surface area contributed by atoms with Gasteiger partial charge in [-0.2, -0.15) is 0 Å². The molecule has 1 N–H and O–H groups in total. The van der Waals surface area contributed by atoms with Crippen LogP contribution in [0, 0.1) is 5.92 Å². The maximum Gasteiger partial charge on any atom is 0.0701 e. The molecule has 104 valence electrons. The minimum absolute atomic E-state index is 0.593. The number of likely N-dealkylation sites (N-methyl/N-ethyl adjacent to an activating group) is 1. The van der Waals surface area contributed by atoms with Crippen LogP contribution in [-0.2, 0) is 6.54 Å². The van der Waals surface area contributed by atoms with E-state index in [1.54, 1.807) is 11.3 Å². The lowest BCUT2D eigenvalue weighted by Crippen LogP contribution is -2.43. The molecule has 1 rings (SSSR count). The van der Waals surface area contributed by atoms with Gasteiger partial charge in [0.2, 0.25) is 0 Å². The second-order valence-corrected chi connectivity index (χ2v) is 7.48. The molecule has 0 aliphatic carbocycles. The van der Waals surface area contributed by atoms with Gasteiger partial charge in [0, 0.05) is 19.1 Å². The van der Waals surface area contributed by atoms with E-state index in [-0.39, 0.29) is 0 Å². The number of nitrogens with one attached hydrogen (secondary N) is 1. The first-order chi connectivity index (χ1) is 8.54. The predicted molar refractivity (Wildman–Crippen MR) is 85.3 cm³/mol. The molecule has 0 aliphatic rings. The van der Waals surface area contributed by atoms with Crippen LogP contribution in [-0.4, -0.2) is 31.1 Å². The fraction of sp³-hybridized carbons (Fsp3) is 0.714. The maximum absolute atomic E-state index is 3.54. The van der Waals surface area contributed by atoms with Crippen molar-refractivity contribution >= 4 is 27.3 Å². The van der Waals surface area contributed by atoms with Crippen LogP contribution in [0.3, 0.4) is 0 Å². The molecule has 1 unspecified atom stereocenters. The molecule has 2 nitrogen and oxygen atoms in total. The summed E-state index contributed by atoms with van der Waals surface area (Å²) in [5, 5.41) is 5.77. The van der Waals surface area contributed by atoms with Crippen molar-refractivity contribution in [1.82, 2.24) is 10.2 Å². The van der Waals surface area contributed by atoms with E-state index in [4.69, 9.17) is 0 Å². The van der Waals surface area contributed by atoms with Crippen molar-refractivity contribution in [3.8, 4) is 0 Å². The van der Waals surface area contributed by atoms with E-state index in [0.717, 1.165) is 19.6 Å². The Labute approximate surface area is 124 Å². The molecule has 1 atom stereocenters. The molecule has 0 spiro atoms. The summed E-state index contributed by atoms with van der Waals surface area (Å²) in [7, 11) is 2.23. The summed E-state index contributed by atoms with van der Waals surface area (Å²) in [6, 6.07) is 2.81. The number of hydrogen-bond donors (Lipinski definition) is 1. The highest BCUT2D eigenvalue weighted by atomic mass is 79.9. The van der Waals surface area contributed by atoms with Crippen LogP contribution in [0.4, 0.5) is 0 Å². The third kappa shape index (κ3) is 5.39. The summed E-state index contributed by atoms with van der Waals surface area (Å²) in [5.74, 6) is 0.668. The second kappa shape index (κ2) is 8.31. The molecule has 0 aliphatic heterocycles. The predicted octanol–water partition coefficient (Wildman–Crippen LogP) is 3.97. The molecule has 0 amide bonds. The molecule has 1 heterocycles. The largest absolute Gasteiger partial charge is 0.315 e. The van der Waals surface area contributed by atoms with E-state index in [2.05, 4.69) is 65.4 Å². The Morgan fingerprint density at radius 3 is 2.67 bits per heavy atom. The van der Waals surface area contributed by atoms with Crippen LogP contribution in [0.1, 0.15) is 32.8 Å². The zero-order chi connectivity index (χ0) is 13.5. The Balaban J connectivity index is 2.50. The number of hydrogen-bond acceptors (Lipinski definition) is 3. The topological polar surface area (TPSA) is 15.3 Å². The Kier molecular flexibility index (Phi) is 7.46. The lowest BCUT2D eigenvalue weighted by atomic mass is 10.0. The molecule has 4 heteroatoms. The van der Waals surface area contributed by atoms with E-state index in [9.17, 15) is 0 Å². The van der Waals surface area contributed by atoms with Gasteiger partial charge in [-0.1, -0.05) is 20.8 Å². The average molecular weight is 333 g/mol. The highest BCUT2D eigenvalue weighted by molar-refractivity contribution is 9.11. The van der Waals surface area contributed by atoms with Crippen molar-refractivity contribution in [3.05, 3.63) is 20.8 Å². The normalized spacial score (nSPS) is 13.5. The number of rotatable bonds is 8. The van der Waals surface area contributed by atoms with Crippen LogP contribution < -0.4 is 5.32 Å². The minimum atomic E-state index is 0.593. The third-order valence-electron chi connectivity index (χ3n) is 3.17. The van der Waals surface area contributed by atoms with Crippen LogP contribution in [0.2, 0.25) is 0 Å². The molecule has 1 aromatic rings. The smallest absolute Gasteiger partial charge is 0.0701 e. The van der Waals surface area contributed by atoms with Crippen molar-refractivity contribution in [2.45, 2.75) is 39.8 Å². The lowest BCUT2D eigenvalue weighted by Gasteiger charge is -2.31. The summed E-state index contributed by atoms with van der Waals surface area (Å²) in [4.78, 5) is 2.46. The van der Waals surface area contributed by atoms with E-state index < -0.39 is 0 Å². The first kappa shape index (κ1) is 16.2. The SMILES string of the molecule is CCCNCC(C(C)C)N(C)Cc1csc(Br)c1. The van der Waals surface area contributed by atoms with E-state index >= 15 is 0 Å². The van der Waals surface area contributed by atoms with Crippen LogP contribution in [0.15, 0.2) is 15.2 Å². The molecular weight excluding hydrogens is 308 g/mol. The zero-order valence-corrected chi connectivity index (χ0v) is 14.3. The van der Waals surface area contributed by atoms with E-state index in [1.165, 1.54) is 15.8 Å². The van der Waals surface area contributed by atoms with Gasteiger partial charge in [0.25, 0.3) is 0 Å². The Morgan fingerprint density at radius 2 is 2.17 bits per heavy atom. The summed E-state index contributed by atoms with van der Waals surface area (Å²) in [6.45, 7) is 10.0. The summed E-state index contributed by atoms with van der Waals surface area (Å²) in [5.41, 5.74) is 1.40. The highest BCUT2D eigenvalue weighted by Gasteiger charge is 2.18. The first-order valence-electron chi connectivity index (χ1n) is 6.68. The van der Waals surface area contributed by atoms with Gasteiger partial charge in [-0.25, -0.2) is 0 Å². The second-order valence-electron chi connectivity index (χ2n) is 5.19. The summed E-state index contributed by atoms with van der Waals surface area (Å²) < 4.78 is 1.22. The molecule has 0 bridgehead atoms. The van der Waals surface area contributed by atoms with E-state index in [1.807, 2.05) is 0 Å². The number of thiophene rings is 1. The first-order valence-corrected chi connectivity index (χ1v) is 8.35. The monoisotopic (exact) mass is 332 g/mol. The fourth-order valence-corrected chi connectivity index (χ4v) is 3.36. The standard InChI is InChI=1S/C14H25BrN2S/c1-5-6-16-8-13(11(2)3)17(4)9-12-7-14(15)18-10-12/h7,10-11,13,16H,5-6,8-9H2,1-4H3. The van der Waals surface area contributed by atoms with Gasteiger partial charge >= 0.3 is 0 Å². The van der Waals surface area contributed by atoms with Crippen LogP contribution in [0.25, 0.3) is 0 Å². The van der Waals surface area contributed by atoms with Crippen molar-refractivity contribution in [2.24, 2.45) is 5.92 Å². The van der Waals surface area contributed by atoms with Gasteiger partial charge in [0.15, 0.2) is 0 Å². The number of halogens is 1. The van der Waals surface area contributed by atoms with Gasteiger partial charge in [-0.15, -0.1) is 11.3 Å². The Morgan fingerprint density at radius 1 is 1.44 bits per heavy atom. The van der Waals surface area contributed by atoms with E-state index in [0.29, 0.717) is 12.0 Å². The fourth-order valence-electron chi connectivity index (χ4n) is 2.16. The molecule has 18 heavy (non-hydrogen) atoms.